The van der Waals surface area contributed by atoms with E-state index in [-0.39, 0.29) is 5.91 Å². The van der Waals surface area contributed by atoms with E-state index >= 15 is 0 Å². The molecular formula is C18H18N2O2. The average Bonchev–Trinajstić information content (AvgIpc) is 3.02. The molecule has 4 heteroatoms. The molecule has 2 aromatic rings. The highest BCUT2D eigenvalue weighted by Crippen LogP contribution is 2.20. The second kappa shape index (κ2) is 6.02. The SMILES string of the molecule is Cc1ccc(C)c(NC(=O)[C@H]2CC(c3ccccc3)=NO2)c1. The molecule has 0 saturated carbocycles. The molecule has 4 nitrogen and oxygen atoms in total. The topological polar surface area (TPSA) is 50.7 Å². The Bertz CT molecular complexity index is 723. The van der Waals surface area contributed by atoms with Gasteiger partial charge in [-0.1, -0.05) is 47.6 Å². The van der Waals surface area contributed by atoms with Crippen LogP contribution in [0.2, 0.25) is 0 Å². The minimum absolute atomic E-state index is 0.164. The van der Waals surface area contributed by atoms with E-state index in [0.29, 0.717) is 6.42 Å². The Hall–Kier alpha value is -2.62. The Balaban J connectivity index is 1.67. The zero-order chi connectivity index (χ0) is 15.5. The molecule has 1 heterocycles. The van der Waals surface area contributed by atoms with Gasteiger partial charge in [0.25, 0.3) is 5.91 Å². The number of nitrogens with zero attached hydrogens (tertiary/aromatic N) is 1. The molecule has 0 saturated heterocycles. The molecule has 3 rings (SSSR count). The van der Waals surface area contributed by atoms with E-state index in [1.54, 1.807) is 0 Å². The molecule has 0 fully saturated rings. The van der Waals surface area contributed by atoms with Gasteiger partial charge < -0.3 is 10.2 Å². The number of rotatable bonds is 3. The number of anilines is 1. The van der Waals surface area contributed by atoms with Crippen molar-refractivity contribution in [3.05, 3.63) is 65.2 Å². The fraction of sp³-hybridized carbons (Fsp3) is 0.222. The van der Waals surface area contributed by atoms with Gasteiger partial charge in [-0.3, -0.25) is 4.79 Å². The van der Waals surface area contributed by atoms with Crippen LogP contribution in [0.3, 0.4) is 0 Å². The van der Waals surface area contributed by atoms with Crippen LogP contribution >= 0.6 is 0 Å². The Morgan fingerprint density at radius 2 is 1.95 bits per heavy atom. The molecule has 2 aromatic carbocycles. The van der Waals surface area contributed by atoms with Gasteiger partial charge >= 0.3 is 0 Å². The van der Waals surface area contributed by atoms with Crippen LogP contribution in [0.4, 0.5) is 5.69 Å². The van der Waals surface area contributed by atoms with Gasteiger partial charge in [0.1, 0.15) is 0 Å². The lowest BCUT2D eigenvalue weighted by atomic mass is 10.0. The minimum atomic E-state index is -0.574. The highest BCUT2D eigenvalue weighted by molar-refractivity contribution is 6.06. The van der Waals surface area contributed by atoms with Crippen LogP contribution in [0.5, 0.6) is 0 Å². The number of hydrogen-bond acceptors (Lipinski definition) is 3. The Morgan fingerprint density at radius 1 is 1.18 bits per heavy atom. The van der Waals surface area contributed by atoms with Crippen molar-refractivity contribution in [3.8, 4) is 0 Å². The van der Waals surface area contributed by atoms with Crippen LogP contribution in [0, 0.1) is 13.8 Å². The Morgan fingerprint density at radius 3 is 2.73 bits per heavy atom. The van der Waals surface area contributed by atoms with E-state index in [4.69, 9.17) is 4.84 Å². The second-order valence-corrected chi connectivity index (χ2v) is 5.51. The summed E-state index contributed by atoms with van der Waals surface area (Å²) in [5, 5.41) is 6.97. The van der Waals surface area contributed by atoms with Crippen LogP contribution in [-0.4, -0.2) is 17.7 Å². The van der Waals surface area contributed by atoms with E-state index < -0.39 is 6.10 Å². The molecule has 1 aliphatic rings. The van der Waals surface area contributed by atoms with Gasteiger partial charge in [-0.05, 0) is 36.6 Å². The van der Waals surface area contributed by atoms with Gasteiger partial charge in [0.05, 0.1) is 5.71 Å². The van der Waals surface area contributed by atoms with Gasteiger partial charge in [-0.25, -0.2) is 0 Å². The molecule has 1 aliphatic heterocycles. The van der Waals surface area contributed by atoms with Crippen LogP contribution in [0.1, 0.15) is 23.1 Å². The zero-order valence-electron chi connectivity index (χ0n) is 12.7. The summed E-state index contributed by atoms with van der Waals surface area (Å²) in [6, 6.07) is 15.7. The molecule has 1 N–H and O–H groups in total. The summed E-state index contributed by atoms with van der Waals surface area (Å²) < 4.78 is 0. The van der Waals surface area contributed by atoms with Crippen LogP contribution in [0.15, 0.2) is 53.7 Å². The van der Waals surface area contributed by atoms with Gasteiger partial charge in [-0.15, -0.1) is 0 Å². The normalized spacial score (nSPS) is 16.8. The fourth-order valence-electron chi connectivity index (χ4n) is 2.40. The lowest BCUT2D eigenvalue weighted by Gasteiger charge is -2.12. The molecular weight excluding hydrogens is 276 g/mol. The fourth-order valence-corrected chi connectivity index (χ4v) is 2.40. The molecule has 1 amide bonds. The molecule has 0 bridgehead atoms. The lowest BCUT2D eigenvalue weighted by molar-refractivity contribution is -0.125. The molecule has 0 aromatic heterocycles. The molecule has 22 heavy (non-hydrogen) atoms. The number of oxime groups is 1. The van der Waals surface area contributed by atoms with Crippen LogP contribution in [-0.2, 0) is 9.63 Å². The van der Waals surface area contributed by atoms with Crippen molar-refractivity contribution in [2.75, 3.05) is 5.32 Å². The summed E-state index contributed by atoms with van der Waals surface area (Å²) in [5.41, 5.74) is 4.75. The van der Waals surface area contributed by atoms with Crippen molar-refractivity contribution in [3.63, 3.8) is 0 Å². The first-order valence-electron chi connectivity index (χ1n) is 7.30. The molecule has 0 unspecified atom stereocenters. The van der Waals surface area contributed by atoms with Crippen molar-refractivity contribution in [2.24, 2.45) is 5.16 Å². The molecule has 0 aliphatic carbocycles. The summed E-state index contributed by atoms with van der Waals surface area (Å²) >= 11 is 0. The van der Waals surface area contributed by atoms with E-state index in [9.17, 15) is 4.79 Å². The third-order valence-corrected chi connectivity index (χ3v) is 3.72. The smallest absolute Gasteiger partial charge is 0.268 e. The standard InChI is InChI=1S/C18H18N2O2/c1-12-8-9-13(2)15(10-12)19-18(21)17-11-16(20-22-17)14-6-4-3-5-7-14/h3-10,17H,11H2,1-2H3,(H,19,21)/t17-/m1/s1. The van der Waals surface area contributed by atoms with Crippen molar-refractivity contribution in [1.29, 1.82) is 0 Å². The van der Waals surface area contributed by atoms with Crippen molar-refractivity contribution < 1.29 is 9.63 Å². The molecule has 1 atom stereocenters. The van der Waals surface area contributed by atoms with E-state index in [2.05, 4.69) is 10.5 Å². The van der Waals surface area contributed by atoms with Crippen molar-refractivity contribution >= 4 is 17.3 Å². The number of carbonyl (C=O) groups is 1. The number of aryl methyl sites for hydroxylation is 2. The van der Waals surface area contributed by atoms with Crippen molar-refractivity contribution in [1.82, 2.24) is 0 Å². The van der Waals surface area contributed by atoms with Crippen molar-refractivity contribution in [2.45, 2.75) is 26.4 Å². The summed E-state index contributed by atoms with van der Waals surface area (Å²) in [6.45, 7) is 3.97. The average molecular weight is 294 g/mol. The Kier molecular flexibility index (Phi) is 3.92. The van der Waals surface area contributed by atoms with Gasteiger partial charge in [0, 0.05) is 12.1 Å². The van der Waals surface area contributed by atoms with E-state index in [1.807, 2.05) is 62.4 Å². The highest BCUT2D eigenvalue weighted by atomic mass is 16.6. The maximum absolute atomic E-state index is 12.3. The number of amides is 1. The number of carbonyl (C=O) groups excluding carboxylic acids is 1. The third kappa shape index (κ3) is 3.01. The third-order valence-electron chi connectivity index (χ3n) is 3.72. The maximum atomic E-state index is 12.3. The predicted octanol–water partition coefficient (Wildman–Crippen LogP) is 3.44. The largest absolute Gasteiger partial charge is 0.382 e. The first kappa shape index (κ1) is 14.3. The first-order valence-corrected chi connectivity index (χ1v) is 7.30. The molecule has 0 spiro atoms. The van der Waals surface area contributed by atoms with Crippen LogP contribution < -0.4 is 5.32 Å². The van der Waals surface area contributed by atoms with E-state index in [1.165, 1.54) is 0 Å². The van der Waals surface area contributed by atoms with Gasteiger partial charge in [-0.2, -0.15) is 0 Å². The number of benzene rings is 2. The lowest BCUT2D eigenvalue weighted by Crippen LogP contribution is -2.28. The van der Waals surface area contributed by atoms with Gasteiger partial charge in [0.15, 0.2) is 0 Å². The predicted molar refractivity (Wildman–Crippen MR) is 87.0 cm³/mol. The molecule has 0 radical (unpaired) electrons. The van der Waals surface area contributed by atoms with E-state index in [0.717, 1.165) is 28.1 Å². The Labute approximate surface area is 129 Å². The summed E-state index contributed by atoms with van der Waals surface area (Å²) in [6.07, 6.45) is -0.0871. The minimum Gasteiger partial charge on any atom is -0.382 e. The highest BCUT2D eigenvalue weighted by Gasteiger charge is 2.29. The number of hydrogen-bond donors (Lipinski definition) is 1. The summed E-state index contributed by atoms with van der Waals surface area (Å²) in [7, 11) is 0. The maximum Gasteiger partial charge on any atom is 0.268 e. The van der Waals surface area contributed by atoms with Gasteiger partial charge in [0.2, 0.25) is 6.10 Å². The monoisotopic (exact) mass is 294 g/mol. The quantitative estimate of drug-likeness (QED) is 0.942. The molecule has 112 valence electrons. The van der Waals surface area contributed by atoms with Crippen LogP contribution in [0.25, 0.3) is 0 Å². The first-order chi connectivity index (χ1) is 10.6. The summed E-state index contributed by atoms with van der Waals surface area (Å²) in [5.74, 6) is -0.164. The summed E-state index contributed by atoms with van der Waals surface area (Å²) in [4.78, 5) is 17.6. The zero-order valence-corrected chi connectivity index (χ0v) is 12.7. The second-order valence-electron chi connectivity index (χ2n) is 5.51. The number of nitrogens with one attached hydrogen (secondary N) is 1.